The summed E-state index contributed by atoms with van der Waals surface area (Å²) in [5.41, 5.74) is 2.90. The molecule has 1 saturated heterocycles. The second-order valence-corrected chi connectivity index (χ2v) is 5.73. The van der Waals surface area contributed by atoms with E-state index in [1.807, 2.05) is 43.3 Å². The SMILES string of the molecule is COC(=O)/C=C1\[C@H]2C=C[C@@H]([C@H]1C(=O)OC)N2c1ccc(C)cc1. The lowest BCUT2D eigenvalue weighted by molar-refractivity contribution is -0.144. The average Bonchev–Trinajstić information content (AvgIpc) is 3.11. The van der Waals surface area contributed by atoms with Crippen molar-refractivity contribution in [2.75, 3.05) is 19.1 Å². The maximum atomic E-state index is 12.2. The average molecular weight is 313 g/mol. The van der Waals surface area contributed by atoms with Crippen LogP contribution in [0.15, 0.2) is 48.1 Å². The molecule has 2 aliphatic heterocycles. The normalized spacial score (nSPS) is 26.7. The first kappa shape index (κ1) is 15.3. The highest BCUT2D eigenvalue weighted by atomic mass is 16.5. The highest BCUT2D eigenvalue weighted by molar-refractivity contribution is 5.89. The van der Waals surface area contributed by atoms with Crippen molar-refractivity contribution in [3.63, 3.8) is 0 Å². The van der Waals surface area contributed by atoms with Gasteiger partial charge in [-0.3, -0.25) is 4.79 Å². The lowest BCUT2D eigenvalue weighted by atomic mass is 9.88. The van der Waals surface area contributed by atoms with Gasteiger partial charge in [-0.25, -0.2) is 4.79 Å². The number of carbonyl (C=O) groups is 2. The molecule has 5 heteroatoms. The number of benzene rings is 1. The van der Waals surface area contributed by atoms with E-state index in [0.29, 0.717) is 0 Å². The van der Waals surface area contributed by atoms with Crippen LogP contribution in [-0.4, -0.2) is 38.2 Å². The van der Waals surface area contributed by atoms with Crippen LogP contribution < -0.4 is 4.90 Å². The summed E-state index contributed by atoms with van der Waals surface area (Å²) in [4.78, 5) is 26.1. The van der Waals surface area contributed by atoms with Gasteiger partial charge in [-0.15, -0.1) is 0 Å². The van der Waals surface area contributed by atoms with Crippen LogP contribution >= 0.6 is 0 Å². The summed E-state index contributed by atoms with van der Waals surface area (Å²) in [5, 5.41) is 0. The van der Waals surface area contributed by atoms with E-state index in [4.69, 9.17) is 9.47 Å². The fourth-order valence-electron chi connectivity index (χ4n) is 3.34. The van der Waals surface area contributed by atoms with Gasteiger partial charge in [-0.2, -0.15) is 0 Å². The van der Waals surface area contributed by atoms with Crippen LogP contribution in [0.1, 0.15) is 5.56 Å². The second-order valence-electron chi connectivity index (χ2n) is 5.73. The first-order valence-corrected chi connectivity index (χ1v) is 7.47. The number of aryl methyl sites for hydroxylation is 1. The lowest BCUT2D eigenvalue weighted by Crippen LogP contribution is -2.33. The Kier molecular flexibility index (Phi) is 3.94. The van der Waals surface area contributed by atoms with Crippen LogP contribution in [0.2, 0.25) is 0 Å². The lowest BCUT2D eigenvalue weighted by Gasteiger charge is -2.25. The first-order chi connectivity index (χ1) is 11.1. The fraction of sp³-hybridized carbons (Fsp3) is 0.333. The molecule has 2 heterocycles. The van der Waals surface area contributed by atoms with Crippen LogP contribution in [0.3, 0.4) is 0 Å². The smallest absolute Gasteiger partial charge is 0.330 e. The summed E-state index contributed by atoms with van der Waals surface area (Å²) >= 11 is 0. The van der Waals surface area contributed by atoms with Gasteiger partial charge in [-0.1, -0.05) is 29.8 Å². The van der Waals surface area contributed by atoms with Crippen LogP contribution in [0, 0.1) is 12.8 Å². The fourth-order valence-corrected chi connectivity index (χ4v) is 3.34. The molecule has 120 valence electrons. The van der Waals surface area contributed by atoms with Gasteiger partial charge in [0.2, 0.25) is 0 Å². The zero-order valence-electron chi connectivity index (χ0n) is 13.4. The summed E-state index contributed by atoms with van der Waals surface area (Å²) in [5.74, 6) is -1.29. The molecule has 23 heavy (non-hydrogen) atoms. The van der Waals surface area contributed by atoms with Crippen LogP contribution in [0.4, 0.5) is 5.69 Å². The third kappa shape index (κ3) is 2.52. The molecule has 0 aliphatic carbocycles. The Morgan fingerprint density at radius 1 is 1.09 bits per heavy atom. The second kappa shape index (κ2) is 5.91. The van der Waals surface area contributed by atoms with Crippen molar-refractivity contribution in [3.05, 3.63) is 53.6 Å². The largest absolute Gasteiger partial charge is 0.468 e. The Morgan fingerprint density at radius 3 is 2.39 bits per heavy atom. The topological polar surface area (TPSA) is 55.8 Å². The molecule has 0 unspecified atom stereocenters. The number of ether oxygens (including phenoxy) is 2. The van der Waals surface area contributed by atoms with Crippen molar-refractivity contribution in [2.45, 2.75) is 19.0 Å². The quantitative estimate of drug-likeness (QED) is 0.485. The summed E-state index contributed by atoms with van der Waals surface area (Å²) in [6.45, 7) is 2.03. The summed E-state index contributed by atoms with van der Waals surface area (Å²) < 4.78 is 9.67. The van der Waals surface area contributed by atoms with Crippen molar-refractivity contribution in [2.24, 2.45) is 5.92 Å². The number of hydrogen-bond donors (Lipinski definition) is 0. The third-order valence-electron chi connectivity index (χ3n) is 4.43. The van der Waals surface area contributed by atoms with E-state index in [1.54, 1.807) is 0 Å². The molecule has 1 aromatic carbocycles. The Labute approximate surface area is 135 Å². The van der Waals surface area contributed by atoms with Gasteiger partial charge in [0.05, 0.1) is 26.3 Å². The number of nitrogens with zero attached hydrogens (tertiary/aromatic N) is 1. The molecule has 0 saturated carbocycles. The zero-order chi connectivity index (χ0) is 16.6. The molecule has 3 rings (SSSR count). The maximum absolute atomic E-state index is 12.2. The monoisotopic (exact) mass is 313 g/mol. The van der Waals surface area contributed by atoms with Crippen molar-refractivity contribution >= 4 is 17.6 Å². The minimum Gasteiger partial charge on any atom is -0.468 e. The molecule has 0 N–H and O–H groups in total. The number of esters is 2. The Morgan fingerprint density at radius 2 is 1.78 bits per heavy atom. The number of methoxy groups -OCH3 is 2. The van der Waals surface area contributed by atoms with E-state index < -0.39 is 11.9 Å². The number of rotatable bonds is 3. The van der Waals surface area contributed by atoms with Gasteiger partial charge < -0.3 is 14.4 Å². The number of fused-ring (bicyclic) bond motifs is 2. The molecule has 0 spiro atoms. The standard InChI is InChI=1S/C18H19NO4/c1-11-4-6-12(7-5-11)19-14-8-9-15(19)17(18(21)23-3)13(14)10-16(20)22-2/h4-10,14-15,17H,1-3H3/b13-10+/t14-,15+,17+/m1/s1. The molecule has 0 aromatic heterocycles. The zero-order valence-corrected chi connectivity index (χ0v) is 13.4. The predicted molar refractivity (Wildman–Crippen MR) is 86.0 cm³/mol. The molecule has 5 nitrogen and oxygen atoms in total. The van der Waals surface area contributed by atoms with Gasteiger partial charge in [0.1, 0.15) is 5.92 Å². The molecular formula is C18H19NO4. The molecular weight excluding hydrogens is 294 g/mol. The van der Waals surface area contributed by atoms with Gasteiger partial charge in [0, 0.05) is 11.8 Å². The first-order valence-electron chi connectivity index (χ1n) is 7.47. The van der Waals surface area contributed by atoms with E-state index in [0.717, 1.165) is 11.3 Å². The van der Waals surface area contributed by atoms with E-state index in [9.17, 15) is 9.59 Å². The van der Waals surface area contributed by atoms with Gasteiger partial charge >= 0.3 is 11.9 Å². The minimum absolute atomic E-state index is 0.133. The van der Waals surface area contributed by atoms with Crippen LogP contribution in [0.5, 0.6) is 0 Å². The highest BCUT2D eigenvalue weighted by Crippen LogP contribution is 2.44. The van der Waals surface area contributed by atoms with Crippen molar-refractivity contribution in [3.8, 4) is 0 Å². The molecule has 3 atom stereocenters. The number of hydrogen-bond acceptors (Lipinski definition) is 5. The highest BCUT2D eigenvalue weighted by Gasteiger charge is 2.50. The van der Waals surface area contributed by atoms with Gasteiger partial charge in [0.25, 0.3) is 0 Å². The Balaban J connectivity index is 2.02. The molecule has 2 bridgehead atoms. The minimum atomic E-state index is -0.490. The van der Waals surface area contributed by atoms with Crippen LogP contribution in [0.25, 0.3) is 0 Å². The molecule has 1 fully saturated rings. The van der Waals surface area contributed by atoms with Crippen LogP contribution in [-0.2, 0) is 19.1 Å². The summed E-state index contributed by atoms with van der Waals surface area (Å²) in [6.07, 6.45) is 5.43. The van der Waals surface area contributed by atoms with Crippen molar-refractivity contribution < 1.29 is 19.1 Å². The summed E-state index contributed by atoms with van der Waals surface area (Å²) in [6, 6.07) is 7.83. The van der Waals surface area contributed by atoms with E-state index in [2.05, 4.69) is 4.90 Å². The van der Waals surface area contributed by atoms with E-state index in [1.165, 1.54) is 25.9 Å². The molecule has 2 aliphatic rings. The van der Waals surface area contributed by atoms with E-state index >= 15 is 0 Å². The summed E-state index contributed by atoms with van der Waals surface area (Å²) in [7, 11) is 2.69. The number of carbonyl (C=O) groups excluding carboxylic acids is 2. The predicted octanol–water partition coefficient (Wildman–Crippen LogP) is 2.01. The van der Waals surface area contributed by atoms with Crippen molar-refractivity contribution in [1.82, 2.24) is 0 Å². The molecule has 0 radical (unpaired) electrons. The van der Waals surface area contributed by atoms with Gasteiger partial charge in [0.15, 0.2) is 0 Å². The molecule has 0 amide bonds. The maximum Gasteiger partial charge on any atom is 0.330 e. The Bertz CT molecular complexity index is 689. The van der Waals surface area contributed by atoms with Crippen molar-refractivity contribution in [1.29, 1.82) is 0 Å². The number of anilines is 1. The molecule has 1 aromatic rings. The Hall–Kier alpha value is -2.56. The van der Waals surface area contributed by atoms with E-state index in [-0.39, 0.29) is 18.1 Å². The van der Waals surface area contributed by atoms with Gasteiger partial charge in [-0.05, 0) is 24.6 Å². The third-order valence-corrected chi connectivity index (χ3v) is 4.43.